The first-order chi connectivity index (χ1) is 12.0. The molecule has 0 radical (unpaired) electrons. The molecule has 1 atom stereocenters. The van der Waals surface area contributed by atoms with Gasteiger partial charge in [-0.3, -0.25) is 4.79 Å². The average molecular weight is 340 g/mol. The molecule has 2 N–H and O–H groups in total. The van der Waals surface area contributed by atoms with Crippen LogP contribution in [0.5, 0.6) is 0 Å². The summed E-state index contributed by atoms with van der Waals surface area (Å²) in [6.45, 7) is 6.19. The van der Waals surface area contributed by atoms with Crippen LogP contribution < -0.4 is 5.73 Å². The molecule has 3 rings (SSSR count). The summed E-state index contributed by atoms with van der Waals surface area (Å²) in [5.74, 6) is 0.836. The van der Waals surface area contributed by atoms with Crippen LogP contribution in [0.2, 0.25) is 0 Å². The number of anilines is 1. The van der Waals surface area contributed by atoms with Gasteiger partial charge >= 0.3 is 0 Å². The summed E-state index contributed by atoms with van der Waals surface area (Å²) in [4.78, 5) is 22.9. The first-order valence-electron chi connectivity index (χ1n) is 8.61. The number of morpholine rings is 1. The van der Waals surface area contributed by atoms with E-state index in [1.54, 1.807) is 12.4 Å². The molecule has 2 aromatic rings. The molecule has 132 valence electrons. The topological polar surface area (TPSA) is 81.3 Å². The van der Waals surface area contributed by atoms with Gasteiger partial charge in [0.05, 0.1) is 19.3 Å². The van der Waals surface area contributed by atoms with E-state index in [9.17, 15) is 4.79 Å². The minimum absolute atomic E-state index is 0.0639. The van der Waals surface area contributed by atoms with Crippen LogP contribution in [-0.2, 0) is 4.74 Å². The lowest BCUT2D eigenvalue weighted by atomic mass is 10.0. The summed E-state index contributed by atoms with van der Waals surface area (Å²) < 4.78 is 5.57. The van der Waals surface area contributed by atoms with E-state index in [2.05, 4.69) is 23.8 Å². The number of ether oxygens (including phenoxy) is 1. The lowest BCUT2D eigenvalue weighted by Gasteiger charge is -2.36. The van der Waals surface area contributed by atoms with E-state index in [1.165, 1.54) is 0 Å². The number of carbonyl (C=O) groups excluding carboxylic acids is 1. The van der Waals surface area contributed by atoms with Crippen molar-refractivity contribution in [2.45, 2.75) is 26.3 Å². The molecular weight excluding hydrogens is 316 g/mol. The third kappa shape index (κ3) is 4.14. The largest absolute Gasteiger partial charge is 0.377 e. The quantitative estimate of drug-likeness (QED) is 0.925. The smallest absolute Gasteiger partial charge is 0.254 e. The van der Waals surface area contributed by atoms with Gasteiger partial charge in [0.1, 0.15) is 0 Å². The number of aromatic nitrogens is 2. The van der Waals surface area contributed by atoms with E-state index in [1.807, 2.05) is 29.2 Å². The van der Waals surface area contributed by atoms with Gasteiger partial charge in [0, 0.05) is 30.1 Å². The van der Waals surface area contributed by atoms with Gasteiger partial charge in [-0.2, -0.15) is 0 Å². The number of carbonyl (C=O) groups is 1. The first-order valence-corrected chi connectivity index (χ1v) is 8.61. The zero-order valence-corrected chi connectivity index (χ0v) is 14.7. The Morgan fingerprint density at radius 1 is 1.24 bits per heavy atom. The van der Waals surface area contributed by atoms with Gasteiger partial charge in [-0.15, -0.1) is 0 Å². The zero-order valence-electron chi connectivity index (χ0n) is 14.7. The number of hydrogen-bond acceptors (Lipinski definition) is 5. The molecule has 1 aliphatic rings. The van der Waals surface area contributed by atoms with E-state index < -0.39 is 0 Å². The van der Waals surface area contributed by atoms with E-state index in [0.29, 0.717) is 31.2 Å². The summed E-state index contributed by atoms with van der Waals surface area (Å²) in [5, 5.41) is 0. The Bertz CT molecular complexity index is 713. The predicted octanol–water partition coefficient (Wildman–Crippen LogP) is 2.61. The molecule has 25 heavy (non-hydrogen) atoms. The molecule has 0 saturated carbocycles. The third-order valence-electron chi connectivity index (χ3n) is 4.37. The number of hydrogen-bond donors (Lipinski definition) is 1. The number of benzene rings is 1. The van der Waals surface area contributed by atoms with Crippen molar-refractivity contribution in [2.75, 3.05) is 25.5 Å². The van der Waals surface area contributed by atoms with Gasteiger partial charge in [-0.1, -0.05) is 26.0 Å². The monoisotopic (exact) mass is 340 g/mol. The minimum Gasteiger partial charge on any atom is -0.377 e. The fraction of sp³-hybridized carbons (Fsp3) is 0.421. The highest BCUT2D eigenvalue weighted by Gasteiger charge is 2.28. The molecule has 2 heterocycles. The van der Waals surface area contributed by atoms with Crippen molar-refractivity contribution in [3.05, 3.63) is 42.2 Å². The van der Waals surface area contributed by atoms with Crippen molar-refractivity contribution < 1.29 is 9.53 Å². The van der Waals surface area contributed by atoms with Gasteiger partial charge in [0.15, 0.2) is 0 Å². The van der Waals surface area contributed by atoms with Crippen LogP contribution in [-0.4, -0.2) is 46.6 Å². The van der Waals surface area contributed by atoms with Crippen LogP contribution in [0.4, 0.5) is 5.95 Å². The Morgan fingerprint density at radius 2 is 1.92 bits per heavy atom. The van der Waals surface area contributed by atoms with E-state index in [-0.39, 0.29) is 17.9 Å². The number of amides is 1. The second-order valence-electron chi connectivity index (χ2n) is 6.76. The molecule has 0 aliphatic carbocycles. The van der Waals surface area contributed by atoms with Crippen molar-refractivity contribution in [1.29, 1.82) is 0 Å². The summed E-state index contributed by atoms with van der Waals surface area (Å²) in [7, 11) is 0. The van der Waals surface area contributed by atoms with Crippen LogP contribution in [0.1, 0.15) is 30.6 Å². The second-order valence-corrected chi connectivity index (χ2v) is 6.76. The maximum Gasteiger partial charge on any atom is 0.254 e. The number of nitrogens with two attached hydrogens (primary N) is 1. The zero-order chi connectivity index (χ0) is 17.8. The van der Waals surface area contributed by atoms with E-state index in [0.717, 1.165) is 17.5 Å². The van der Waals surface area contributed by atoms with Crippen molar-refractivity contribution in [2.24, 2.45) is 5.92 Å². The Hall–Kier alpha value is -2.47. The highest BCUT2D eigenvalue weighted by atomic mass is 16.5. The molecule has 1 amide bonds. The maximum atomic E-state index is 12.9. The molecule has 1 fully saturated rings. The molecule has 6 nitrogen and oxygen atoms in total. The number of nitrogen functional groups attached to an aromatic ring is 1. The molecule has 0 bridgehead atoms. The summed E-state index contributed by atoms with van der Waals surface area (Å²) in [6.07, 6.45) is 4.31. The summed E-state index contributed by atoms with van der Waals surface area (Å²) in [6, 6.07) is 7.69. The minimum atomic E-state index is 0.0639. The standard InChI is InChI=1S/C19H24N4O2/c1-13(2)9-17-12-25-8-7-23(17)18(24)15-5-3-14(4-6-15)16-10-21-19(20)22-11-16/h3-6,10-11,13,17H,7-9,12H2,1-2H3,(H2,20,21,22)/t17-/m0/s1. The van der Waals surface area contributed by atoms with Crippen LogP contribution in [0.3, 0.4) is 0 Å². The summed E-state index contributed by atoms with van der Waals surface area (Å²) >= 11 is 0. The van der Waals surface area contributed by atoms with Crippen molar-refractivity contribution >= 4 is 11.9 Å². The van der Waals surface area contributed by atoms with Crippen molar-refractivity contribution in [3.63, 3.8) is 0 Å². The molecule has 1 aromatic carbocycles. The van der Waals surface area contributed by atoms with Crippen molar-refractivity contribution in [3.8, 4) is 11.1 Å². The maximum absolute atomic E-state index is 12.9. The lowest BCUT2D eigenvalue weighted by molar-refractivity contribution is -0.00746. The molecule has 1 aromatic heterocycles. The van der Waals surface area contributed by atoms with Crippen molar-refractivity contribution in [1.82, 2.24) is 14.9 Å². The van der Waals surface area contributed by atoms with Gasteiger partial charge in [-0.05, 0) is 30.0 Å². The van der Waals surface area contributed by atoms with Gasteiger partial charge in [0.25, 0.3) is 5.91 Å². The lowest BCUT2D eigenvalue weighted by Crippen LogP contribution is -2.49. The SMILES string of the molecule is CC(C)C[C@H]1COCCN1C(=O)c1ccc(-c2cnc(N)nc2)cc1. The van der Waals surface area contributed by atoms with Gasteiger partial charge < -0.3 is 15.4 Å². The highest BCUT2D eigenvalue weighted by molar-refractivity contribution is 5.95. The Balaban J connectivity index is 1.76. The van der Waals surface area contributed by atoms with Crippen LogP contribution >= 0.6 is 0 Å². The van der Waals surface area contributed by atoms with Crippen LogP contribution in [0.15, 0.2) is 36.7 Å². The predicted molar refractivity (Wildman–Crippen MR) is 97.0 cm³/mol. The van der Waals surface area contributed by atoms with Gasteiger partial charge in [-0.25, -0.2) is 9.97 Å². The second kappa shape index (κ2) is 7.61. The molecule has 1 aliphatic heterocycles. The van der Waals surface area contributed by atoms with E-state index >= 15 is 0 Å². The third-order valence-corrected chi connectivity index (χ3v) is 4.37. The Labute approximate surface area is 148 Å². The fourth-order valence-corrected chi connectivity index (χ4v) is 3.12. The Morgan fingerprint density at radius 3 is 2.56 bits per heavy atom. The van der Waals surface area contributed by atoms with E-state index in [4.69, 9.17) is 10.5 Å². The Kier molecular flexibility index (Phi) is 5.28. The normalized spacial score (nSPS) is 17.7. The molecule has 0 spiro atoms. The molecule has 0 unspecified atom stereocenters. The average Bonchev–Trinajstić information content (AvgIpc) is 2.62. The molecule has 6 heteroatoms. The number of rotatable bonds is 4. The van der Waals surface area contributed by atoms with Crippen LogP contribution in [0, 0.1) is 5.92 Å². The molecule has 1 saturated heterocycles. The van der Waals surface area contributed by atoms with Gasteiger partial charge in [0.2, 0.25) is 5.95 Å². The summed E-state index contributed by atoms with van der Waals surface area (Å²) in [5.41, 5.74) is 8.03. The molecular formula is C19H24N4O2. The number of nitrogens with zero attached hydrogens (tertiary/aromatic N) is 3. The first kappa shape index (κ1) is 17.4. The fourth-order valence-electron chi connectivity index (χ4n) is 3.12. The van der Waals surface area contributed by atoms with Crippen LogP contribution in [0.25, 0.3) is 11.1 Å². The highest BCUT2D eigenvalue weighted by Crippen LogP contribution is 2.22.